The minimum absolute atomic E-state index is 0.0631. The maximum Gasteiger partial charge on any atom is 0.249 e. The monoisotopic (exact) mass is 410 g/mol. The summed E-state index contributed by atoms with van der Waals surface area (Å²) in [5.41, 5.74) is 5.93. The Morgan fingerprint density at radius 3 is 2.72 bits per heavy atom. The number of nitrogens with zero attached hydrogens (tertiary/aromatic N) is 3. The molecule has 2 saturated heterocycles. The van der Waals surface area contributed by atoms with E-state index in [0.717, 1.165) is 12.5 Å². The zero-order valence-electron chi connectivity index (χ0n) is 15.6. The van der Waals surface area contributed by atoms with Crippen molar-refractivity contribution in [3.05, 3.63) is 46.9 Å². The van der Waals surface area contributed by atoms with Crippen molar-refractivity contribution in [2.24, 2.45) is 5.73 Å². The molecule has 2 atom stereocenters. The molecule has 2 fully saturated rings. The van der Waals surface area contributed by atoms with E-state index in [2.05, 4.69) is 10.1 Å². The highest BCUT2D eigenvalue weighted by Crippen LogP contribution is 2.33. The zero-order valence-corrected chi connectivity index (χ0v) is 15.6. The van der Waals surface area contributed by atoms with Gasteiger partial charge in [0.05, 0.1) is 19.1 Å². The van der Waals surface area contributed by atoms with Crippen LogP contribution in [0.3, 0.4) is 0 Å². The first-order valence-electron chi connectivity index (χ1n) is 9.52. The van der Waals surface area contributed by atoms with Crippen molar-refractivity contribution in [1.29, 1.82) is 0 Å². The van der Waals surface area contributed by atoms with Crippen LogP contribution in [0.15, 0.2) is 16.7 Å². The number of amides is 1. The number of halogens is 3. The molecule has 1 aromatic heterocycles. The lowest BCUT2D eigenvalue weighted by atomic mass is 10.0. The molecular formula is C19H21F3N4O3. The van der Waals surface area contributed by atoms with Crippen molar-refractivity contribution in [2.45, 2.75) is 43.7 Å². The molecule has 2 aromatic rings. The number of hydrogen-bond donors (Lipinski definition) is 1. The Morgan fingerprint density at radius 2 is 2.00 bits per heavy atom. The minimum atomic E-state index is -1.26. The Morgan fingerprint density at radius 1 is 1.24 bits per heavy atom. The lowest BCUT2D eigenvalue weighted by molar-refractivity contribution is -0.132. The SMILES string of the molecule is N[C@@H](CC(=O)N1CCC[C@H]1c1nc(C2COC2)no1)Cc1cc(F)c(F)cc1F. The zero-order chi connectivity index (χ0) is 20.5. The van der Waals surface area contributed by atoms with Gasteiger partial charge in [-0.1, -0.05) is 5.16 Å². The summed E-state index contributed by atoms with van der Waals surface area (Å²) in [4.78, 5) is 18.8. The van der Waals surface area contributed by atoms with Crippen LogP contribution in [0.25, 0.3) is 0 Å². The molecule has 2 aliphatic heterocycles. The van der Waals surface area contributed by atoms with Gasteiger partial charge < -0.3 is 19.9 Å². The van der Waals surface area contributed by atoms with Gasteiger partial charge in [-0.25, -0.2) is 13.2 Å². The molecule has 10 heteroatoms. The highest BCUT2D eigenvalue weighted by atomic mass is 19.2. The molecule has 2 N–H and O–H groups in total. The standard InChI is InChI=1S/C19H21F3N4O3/c20-13-7-15(22)14(21)5-10(13)4-12(23)6-17(27)26-3-1-2-16(26)19-24-18(25-29-19)11-8-28-9-11/h5,7,11-12,16H,1-4,6,8-9,23H2/t12-,16+/m1/s1. The number of hydrogen-bond acceptors (Lipinski definition) is 6. The summed E-state index contributed by atoms with van der Waals surface area (Å²) >= 11 is 0. The molecule has 0 spiro atoms. The third kappa shape index (κ3) is 4.13. The first-order chi connectivity index (χ1) is 13.9. The maximum atomic E-state index is 13.8. The number of rotatable bonds is 6. The molecule has 2 aliphatic rings. The van der Waals surface area contributed by atoms with Crippen LogP contribution >= 0.6 is 0 Å². The van der Waals surface area contributed by atoms with E-state index in [-0.39, 0.29) is 36.3 Å². The highest BCUT2D eigenvalue weighted by Gasteiger charge is 2.36. The summed E-state index contributed by atoms with van der Waals surface area (Å²) in [5, 5.41) is 3.98. The third-order valence-corrected chi connectivity index (χ3v) is 5.33. The molecule has 156 valence electrons. The minimum Gasteiger partial charge on any atom is -0.380 e. The molecule has 0 unspecified atom stereocenters. The van der Waals surface area contributed by atoms with Gasteiger partial charge in [-0.15, -0.1) is 0 Å². The molecule has 1 aromatic carbocycles. The van der Waals surface area contributed by atoms with E-state index in [0.29, 0.717) is 44.0 Å². The third-order valence-electron chi connectivity index (χ3n) is 5.33. The summed E-state index contributed by atoms with van der Waals surface area (Å²) in [7, 11) is 0. The van der Waals surface area contributed by atoms with Crippen molar-refractivity contribution >= 4 is 5.91 Å². The van der Waals surface area contributed by atoms with Gasteiger partial charge >= 0.3 is 0 Å². The topological polar surface area (TPSA) is 94.5 Å². The second kappa shape index (κ2) is 8.11. The first-order valence-corrected chi connectivity index (χ1v) is 9.52. The molecule has 0 radical (unpaired) electrons. The second-order valence-corrected chi connectivity index (χ2v) is 7.50. The van der Waals surface area contributed by atoms with Crippen molar-refractivity contribution in [3.63, 3.8) is 0 Å². The molecule has 3 heterocycles. The van der Waals surface area contributed by atoms with E-state index in [1.165, 1.54) is 0 Å². The van der Waals surface area contributed by atoms with Crippen LogP contribution in [0.5, 0.6) is 0 Å². The van der Waals surface area contributed by atoms with E-state index in [4.69, 9.17) is 15.0 Å². The molecule has 0 bridgehead atoms. The average molecular weight is 410 g/mol. The number of nitrogens with two attached hydrogens (primary N) is 1. The predicted octanol–water partition coefficient (Wildman–Crippen LogP) is 2.22. The van der Waals surface area contributed by atoms with E-state index < -0.39 is 23.5 Å². The van der Waals surface area contributed by atoms with Crippen LogP contribution in [-0.2, 0) is 16.0 Å². The van der Waals surface area contributed by atoms with Crippen LogP contribution < -0.4 is 5.73 Å². The van der Waals surface area contributed by atoms with Gasteiger partial charge in [-0.3, -0.25) is 4.79 Å². The fraction of sp³-hybridized carbons (Fsp3) is 0.526. The summed E-state index contributed by atoms with van der Waals surface area (Å²) in [5.74, 6) is -2.43. The number of aromatic nitrogens is 2. The van der Waals surface area contributed by atoms with Gasteiger partial charge in [0.15, 0.2) is 17.5 Å². The van der Waals surface area contributed by atoms with Crippen LogP contribution in [0.4, 0.5) is 13.2 Å². The molecule has 0 aliphatic carbocycles. The van der Waals surface area contributed by atoms with Crippen molar-refractivity contribution < 1.29 is 27.2 Å². The summed E-state index contributed by atoms with van der Waals surface area (Å²) in [6.07, 6.45) is 1.33. The normalized spacial score (nSPS) is 20.7. The van der Waals surface area contributed by atoms with Gasteiger partial charge in [-0.2, -0.15) is 4.98 Å². The number of ether oxygens (including phenoxy) is 1. The fourth-order valence-corrected chi connectivity index (χ4v) is 3.67. The second-order valence-electron chi connectivity index (χ2n) is 7.50. The van der Waals surface area contributed by atoms with Crippen molar-refractivity contribution in [2.75, 3.05) is 19.8 Å². The Hall–Kier alpha value is -2.46. The van der Waals surface area contributed by atoms with Gasteiger partial charge in [0, 0.05) is 25.1 Å². The number of carbonyl (C=O) groups is 1. The van der Waals surface area contributed by atoms with E-state index >= 15 is 0 Å². The van der Waals surface area contributed by atoms with Crippen molar-refractivity contribution in [1.82, 2.24) is 15.0 Å². The van der Waals surface area contributed by atoms with Gasteiger partial charge in [0.1, 0.15) is 11.9 Å². The molecule has 29 heavy (non-hydrogen) atoms. The van der Waals surface area contributed by atoms with Crippen molar-refractivity contribution in [3.8, 4) is 0 Å². The first kappa shape index (κ1) is 19.8. The highest BCUT2D eigenvalue weighted by molar-refractivity contribution is 5.77. The maximum absolute atomic E-state index is 13.8. The van der Waals surface area contributed by atoms with E-state index in [9.17, 15) is 18.0 Å². The Balaban J connectivity index is 1.39. The van der Waals surface area contributed by atoms with Gasteiger partial charge in [-0.05, 0) is 30.9 Å². The Kier molecular flexibility index (Phi) is 5.55. The van der Waals surface area contributed by atoms with E-state index in [1.807, 2.05) is 0 Å². The molecule has 4 rings (SSSR count). The lowest BCUT2D eigenvalue weighted by Gasteiger charge is -2.24. The largest absolute Gasteiger partial charge is 0.380 e. The van der Waals surface area contributed by atoms with Gasteiger partial charge in [0.25, 0.3) is 0 Å². The van der Waals surface area contributed by atoms with Crippen LogP contribution in [0.2, 0.25) is 0 Å². The molecule has 7 nitrogen and oxygen atoms in total. The Labute approximate surface area is 165 Å². The van der Waals surface area contributed by atoms with Gasteiger partial charge in [0.2, 0.25) is 11.8 Å². The lowest BCUT2D eigenvalue weighted by Crippen LogP contribution is -2.36. The summed E-state index contributed by atoms with van der Waals surface area (Å²) < 4.78 is 50.7. The fourth-order valence-electron chi connectivity index (χ4n) is 3.67. The van der Waals surface area contributed by atoms with E-state index in [1.54, 1.807) is 4.90 Å². The average Bonchev–Trinajstić information content (AvgIpc) is 3.27. The van der Waals surface area contributed by atoms with Crippen LogP contribution in [0, 0.1) is 17.5 Å². The number of likely N-dealkylation sites (tertiary alicyclic amines) is 1. The molecule has 1 amide bonds. The quantitative estimate of drug-likeness (QED) is 0.734. The predicted molar refractivity (Wildman–Crippen MR) is 94.2 cm³/mol. The summed E-state index contributed by atoms with van der Waals surface area (Å²) in [6.45, 7) is 1.64. The smallest absolute Gasteiger partial charge is 0.249 e. The molecule has 0 saturated carbocycles. The molecular weight excluding hydrogens is 389 g/mol. The van der Waals surface area contributed by atoms with Crippen LogP contribution in [0.1, 0.15) is 48.5 Å². The summed E-state index contributed by atoms with van der Waals surface area (Å²) in [6, 6.07) is 0.193. The number of carbonyl (C=O) groups excluding carboxylic acids is 1. The number of benzene rings is 1. The Bertz CT molecular complexity index is 903. The van der Waals surface area contributed by atoms with Crippen LogP contribution in [-0.4, -0.2) is 46.7 Å².